The van der Waals surface area contributed by atoms with E-state index in [1.54, 1.807) is 0 Å². The zero-order chi connectivity index (χ0) is 16.9. The number of pyridine rings is 1. The number of hydrogen-bond acceptors (Lipinski definition) is 4. The Balaban J connectivity index is 1.54. The summed E-state index contributed by atoms with van der Waals surface area (Å²) >= 11 is 1.48. The minimum absolute atomic E-state index is 0.0248. The zero-order valence-corrected chi connectivity index (χ0v) is 14.4. The van der Waals surface area contributed by atoms with Crippen molar-refractivity contribution in [1.29, 1.82) is 5.26 Å². The maximum absolute atomic E-state index is 12.0. The molecule has 0 saturated heterocycles. The van der Waals surface area contributed by atoms with Crippen LogP contribution in [0.1, 0.15) is 42.0 Å². The number of carbonyl (C=O) groups is 1. The van der Waals surface area contributed by atoms with Crippen molar-refractivity contribution in [2.45, 2.75) is 37.1 Å². The molecule has 1 aliphatic rings. The number of amides is 1. The van der Waals surface area contributed by atoms with Gasteiger partial charge >= 0.3 is 0 Å². The van der Waals surface area contributed by atoms with Gasteiger partial charge in [-0.25, -0.2) is 4.98 Å². The van der Waals surface area contributed by atoms with Crippen LogP contribution in [-0.4, -0.2) is 16.6 Å². The van der Waals surface area contributed by atoms with E-state index in [1.165, 1.54) is 24.6 Å². The number of aryl methyl sites for hydroxylation is 1. The summed E-state index contributed by atoms with van der Waals surface area (Å²) in [5, 5.41) is 12.8. The normalized spacial score (nSPS) is 13.3. The maximum Gasteiger partial charge on any atom is 0.225 e. The molecule has 0 aliphatic heterocycles. The number of carbonyl (C=O) groups excluding carboxylic acids is 1. The van der Waals surface area contributed by atoms with E-state index in [1.807, 2.05) is 43.3 Å². The molecule has 1 heterocycles. The number of benzene rings is 1. The van der Waals surface area contributed by atoms with Gasteiger partial charge in [-0.2, -0.15) is 5.26 Å². The summed E-state index contributed by atoms with van der Waals surface area (Å²) in [6.07, 6.45) is 2.75. The largest absolute Gasteiger partial charge is 0.326 e. The first-order valence-electron chi connectivity index (χ1n) is 8.06. The number of thioether (sulfide) groups is 1. The highest BCUT2D eigenvalue weighted by molar-refractivity contribution is 7.99. The van der Waals surface area contributed by atoms with Gasteiger partial charge in [-0.05, 0) is 44.0 Å². The van der Waals surface area contributed by atoms with Crippen LogP contribution in [0.15, 0.2) is 41.4 Å². The summed E-state index contributed by atoms with van der Waals surface area (Å²) in [6, 6.07) is 13.7. The van der Waals surface area contributed by atoms with Crippen LogP contribution in [0.25, 0.3) is 0 Å². The molecule has 1 amide bonds. The molecule has 0 spiro atoms. The summed E-state index contributed by atoms with van der Waals surface area (Å²) in [5.41, 5.74) is 3.63. The van der Waals surface area contributed by atoms with E-state index in [4.69, 9.17) is 0 Å². The number of nitriles is 1. The number of nitrogens with zero attached hydrogens (tertiary/aromatic N) is 2. The average molecular weight is 337 g/mol. The second-order valence-electron chi connectivity index (χ2n) is 5.99. The Morgan fingerprint density at radius 2 is 2.04 bits per heavy atom. The van der Waals surface area contributed by atoms with Crippen LogP contribution in [0, 0.1) is 18.3 Å². The molecule has 1 aromatic carbocycles. The fourth-order valence-corrected chi connectivity index (χ4v) is 3.28. The lowest BCUT2D eigenvalue weighted by molar-refractivity contribution is -0.115. The Morgan fingerprint density at radius 1 is 1.29 bits per heavy atom. The number of rotatable bonds is 6. The second-order valence-corrected chi connectivity index (χ2v) is 7.07. The van der Waals surface area contributed by atoms with E-state index in [0.29, 0.717) is 23.7 Å². The van der Waals surface area contributed by atoms with Gasteiger partial charge in [0.25, 0.3) is 0 Å². The molecule has 1 aromatic heterocycles. The van der Waals surface area contributed by atoms with Crippen LogP contribution >= 0.6 is 11.8 Å². The van der Waals surface area contributed by atoms with Crippen LogP contribution in [0.5, 0.6) is 0 Å². The highest BCUT2D eigenvalue weighted by Crippen LogP contribution is 2.39. The summed E-state index contributed by atoms with van der Waals surface area (Å²) in [5.74, 6) is 1.14. The van der Waals surface area contributed by atoms with Gasteiger partial charge in [0.2, 0.25) is 5.91 Å². The van der Waals surface area contributed by atoms with E-state index in [0.717, 1.165) is 22.0 Å². The first kappa shape index (κ1) is 16.5. The van der Waals surface area contributed by atoms with Crippen molar-refractivity contribution in [3.05, 3.63) is 53.2 Å². The van der Waals surface area contributed by atoms with Crippen molar-refractivity contribution in [3.63, 3.8) is 0 Å². The van der Waals surface area contributed by atoms with Crippen molar-refractivity contribution in [1.82, 2.24) is 4.98 Å². The number of hydrogen-bond donors (Lipinski definition) is 1. The monoisotopic (exact) mass is 337 g/mol. The molecule has 1 saturated carbocycles. The molecule has 3 rings (SSSR count). The molecule has 0 radical (unpaired) electrons. The summed E-state index contributed by atoms with van der Waals surface area (Å²) in [4.78, 5) is 16.6. The zero-order valence-electron chi connectivity index (χ0n) is 13.6. The first-order valence-corrected chi connectivity index (χ1v) is 9.04. The SMILES string of the molecule is Cc1ccc(NC(=O)CCSc2nc(C3CC3)ccc2C#N)cc1. The van der Waals surface area contributed by atoms with E-state index < -0.39 is 0 Å². The summed E-state index contributed by atoms with van der Waals surface area (Å²) in [6.45, 7) is 2.01. The van der Waals surface area contributed by atoms with E-state index in [9.17, 15) is 10.1 Å². The second kappa shape index (κ2) is 7.50. The maximum atomic E-state index is 12.0. The molecule has 2 aromatic rings. The molecule has 122 valence electrons. The minimum Gasteiger partial charge on any atom is -0.326 e. The van der Waals surface area contributed by atoms with Gasteiger partial charge in [0.05, 0.1) is 5.56 Å². The molecular formula is C19H19N3OS. The topological polar surface area (TPSA) is 65.8 Å². The number of nitrogens with one attached hydrogen (secondary N) is 1. The van der Waals surface area contributed by atoms with Gasteiger partial charge < -0.3 is 5.32 Å². The summed E-state index contributed by atoms with van der Waals surface area (Å²) < 4.78 is 0. The lowest BCUT2D eigenvalue weighted by atomic mass is 10.2. The fourth-order valence-electron chi connectivity index (χ4n) is 2.36. The standard InChI is InChI=1S/C19H19N3OS/c1-13-2-7-16(8-3-13)21-18(23)10-11-24-19-15(12-20)6-9-17(22-19)14-4-5-14/h2-3,6-9,14H,4-5,10-11H2,1H3,(H,21,23). The molecule has 1 N–H and O–H groups in total. The Labute approximate surface area is 146 Å². The van der Waals surface area contributed by atoms with Gasteiger partial charge in [-0.15, -0.1) is 11.8 Å². The average Bonchev–Trinajstić information content (AvgIpc) is 3.42. The van der Waals surface area contributed by atoms with Crippen molar-refractivity contribution in [2.75, 3.05) is 11.1 Å². The van der Waals surface area contributed by atoms with E-state index >= 15 is 0 Å². The third-order valence-electron chi connectivity index (χ3n) is 3.90. The quantitative estimate of drug-likeness (QED) is 0.800. The fraction of sp³-hybridized carbons (Fsp3) is 0.316. The van der Waals surface area contributed by atoms with E-state index in [-0.39, 0.29) is 5.91 Å². The smallest absolute Gasteiger partial charge is 0.225 e. The highest BCUT2D eigenvalue weighted by Gasteiger charge is 2.25. The predicted octanol–water partition coefficient (Wildman–Crippen LogP) is 4.26. The molecule has 1 aliphatic carbocycles. The number of aromatic nitrogens is 1. The minimum atomic E-state index is -0.0248. The lowest BCUT2D eigenvalue weighted by Crippen LogP contribution is -2.12. The highest BCUT2D eigenvalue weighted by atomic mass is 32.2. The van der Waals surface area contributed by atoms with Crippen molar-refractivity contribution in [3.8, 4) is 6.07 Å². The molecule has 24 heavy (non-hydrogen) atoms. The van der Waals surface area contributed by atoms with Crippen LogP contribution in [-0.2, 0) is 4.79 Å². The predicted molar refractivity (Wildman–Crippen MR) is 96.1 cm³/mol. The summed E-state index contributed by atoms with van der Waals surface area (Å²) in [7, 11) is 0. The molecule has 5 heteroatoms. The Bertz CT molecular complexity index is 776. The molecule has 0 unspecified atom stereocenters. The Hall–Kier alpha value is -2.32. The molecule has 4 nitrogen and oxygen atoms in total. The molecule has 0 bridgehead atoms. The molecule has 1 fully saturated rings. The Morgan fingerprint density at radius 3 is 2.71 bits per heavy atom. The third kappa shape index (κ3) is 4.36. The lowest BCUT2D eigenvalue weighted by Gasteiger charge is -2.07. The van der Waals surface area contributed by atoms with E-state index in [2.05, 4.69) is 16.4 Å². The number of anilines is 1. The van der Waals surface area contributed by atoms with Crippen LogP contribution in [0.2, 0.25) is 0 Å². The van der Waals surface area contributed by atoms with Gasteiger partial charge in [0, 0.05) is 29.5 Å². The van der Waals surface area contributed by atoms with Crippen LogP contribution < -0.4 is 5.32 Å². The van der Waals surface area contributed by atoms with Crippen molar-refractivity contribution < 1.29 is 4.79 Å². The van der Waals surface area contributed by atoms with Gasteiger partial charge in [-0.3, -0.25) is 4.79 Å². The first-order chi connectivity index (χ1) is 11.7. The molecule has 0 atom stereocenters. The van der Waals surface area contributed by atoms with Gasteiger partial charge in [0.1, 0.15) is 11.1 Å². The molecular weight excluding hydrogens is 318 g/mol. The van der Waals surface area contributed by atoms with Crippen LogP contribution in [0.3, 0.4) is 0 Å². The third-order valence-corrected chi connectivity index (χ3v) is 4.89. The van der Waals surface area contributed by atoms with Crippen molar-refractivity contribution >= 4 is 23.4 Å². The van der Waals surface area contributed by atoms with Gasteiger partial charge in [-0.1, -0.05) is 17.7 Å². The Kier molecular flexibility index (Phi) is 5.17. The van der Waals surface area contributed by atoms with Crippen molar-refractivity contribution in [2.24, 2.45) is 0 Å². The van der Waals surface area contributed by atoms with Crippen LogP contribution in [0.4, 0.5) is 5.69 Å². The van der Waals surface area contributed by atoms with Gasteiger partial charge in [0.15, 0.2) is 0 Å².